The van der Waals surface area contributed by atoms with Crippen LogP contribution in [-0.2, 0) is 0 Å². The van der Waals surface area contributed by atoms with Gasteiger partial charge in [0.15, 0.2) is 11.5 Å². The summed E-state index contributed by atoms with van der Waals surface area (Å²) in [6.07, 6.45) is 9.41. The van der Waals surface area contributed by atoms with Crippen LogP contribution >= 0.6 is 0 Å². The Labute approximate surface area is 126 Å². The summed E-state index contributed by atoms with van der Waals surface area (Å²) in [4.78, 5) is 11.8. The van der Waals surface area contributed by atoms with E-state index in [1.54, 1.807) is 0 Å². The number of hydrogen-bond donors (Lipinski definition) is 1. The fourth-order valence-electron chi connectivity index (χ4n) is 3.17. The maximum absolute atomic E-state index is 4.84. The number of hydrogen-bond acceptors (Lipinski definition) is 4. The van der Waals surface area contributed by atoms with E-state index in [1.165, 1.54) is 12.8 Å². The molecule has 2 unspecified atom stereocenters. The first-order valence-corrected chi connectivity index (χ1v) is 8.03. The normalized spacial score (nSPS) is 22.7. The Morgan fingerprint density at radius 1 is 1.38 bits per heavy atom. The summed E-state index contributed by atoms with van der Waals surface area (Å²) in [7, 11) is 0. The van der Waals surface area contributed by atoms with E-state index < -0.39 is 0 Å². The van der Waals surface area contributed by atoms with Gasteiger partial charge in [-0.3, -0.25) is 0 Å². The lowest BCUT2D eigenvalue weighted by Gasteiger charge is -2.37. The highest BCUT2D eigenvalue weighted by Gasteiger charge is 2.26. The minimum absolute atomic E-state index is 0.517. The van der Waals surface area contributed by atoms with Crippen molar-refractivity contribution in [3.05, 3.63) is 18.6 Å². The second-order valence-electron chi connectivity index (χ2n) is 6.21. The average Bonchev–Trinajstić information content (AvgIpc) is 2.93. The Balaban J connectivity index is 1.97. The highest BCUT2D eigenvalue weighted by molar-refractivity contribution is 5.67. The number of nitrogens with one attached hydrogen (secondary N) is 1. The largest absolute Gasteiger partial charge is 0.369 e. The highest BCUT2D eigenvalue weighted by atomic mass is 15.3. The summed E-state index contributed by atoms with van der Waals surface area (Å²) < 4.78 is 2.07. The molecule has 1 aliphatic heterocycles. The standard InChI is InChI=1S/C16H25N5/c1-4-6-17-14-11-20-9-7-18-15(20)16(19-14)21-8-5-12(2)10-13(21)3/h7,9,11-13,17H,4-6,8,10H2,1-3H3. The van der Waals surface area contributed by atoms with Crippen molar-refractivity contribution >= 4 is 17.3 Å². The van der Waals surface area contributed by atoms with Crippen LogP contribution in [0.2, 0.25) is 0 Å². The van der Waals surface area contributed by atoms with Gasteiger partial charge in [0, 0.05) is 31.5 Å². The van der Waals surface area contributed by atoms with Crippen LogP contribution in [0, 0.1) is 5.92 Å². The Morgan fingerprint density at radius 3 is 3.00 bits per heavy atom. The van der Waals surface area contributed by atoms with Gasteiger partial charge in [-0.1, -0.05) is 13.8 Å². The number of anilines is 2. The first kappa shape index (κ1) is 14.2. The van der Waals surface area contributed by atoms with Gasteiger partial charge in [-0.15, -0.1) is 0 Å². The summed E-state index contributed by atoms with van der Waals surface area (Å²) in [5.74, 6) is 2.75. The zero-order valence-corrected chi connectivity index (χ0v) is 13.2. The van der Waals surface area contributed by atoms with Crippen LogP contribution in [0.3, 0.4) is 0 Å². The van der Waals surface area contributed by atoms with E-state index in [2.05, 4.69) is 40.4 Å². The summed E-state index contributed by atoms with van der Waals surface area (Å²) in [5.41, 5.74) is 0.957. The molecule has 3 heterocycles. The van der Waals surface area contributed by atoms with Gasteiger partial charge in [-0.05, 0) is 32.1 Å². The van der Waals surface area contributed by atoms with E-state index in [1.807, 2.05) is 18.6 Å². The molecule has 1 N–H and O–H groups in total. The molecule has 0 saturated carbocycles. The predicted molar refractivity (Wildman–Crippen MR) is 87.0 cm³/mol. The Kier molecular flexibility index (Phi) is 3.99. The van der Waals surface area contributed by atoms with Crippen molar-refractivity contribution in [2.45, 2.75) is 46.1 Å². The van der Waals surface area contributed by atoms with Crippen molar-refractivity contribution in [2.75, 3.05) is 23.3 Å². The van der Waals surface area contributed by atoms with Crippen LogP contribution in [-0.4, -0.2) is 33.5 Å². The molecule has 5 nitrogen and oxygen atoms in total. The summed E-state index contributed by atoms with van der Waals surface area (Å²) >= 11 is 0. The molecule has 114 valence electrons. The third-order valence-electron chi connectivity index (χ3n) is 4.32. The number of imidazole rings is 1. The van der Waals surface area contributed by atoms with Crippen LogP contribution in [0.1, 0.15) is 40.0 Å². The van der Waals surface area contributed by atoms with E-state index in [0.717, 1.165) is 42.7 Å². The molecule has 3 rings (SSSR count). The molecule has 0 spiro atoms. The Hall–Kier alpha value is -1.78. The fraction of sp³-hybridized carbons (Fsp3) is 0.625. The Bertz CT molecular complexity index is 606. The van der Waals surface area contributed by atoms with Crippen LogP contribution < -0.4 is 10.2 Å². The van der Waals surface area contributed by atoms with E-state index >= 15 is 0 Å². The second kappa shape index (κ2) is 5.92. The molecule has 0 bridgehead atoms. The SMILES string of the molecule is CCCNc1cn2ccnc2c(N2CCC(C)CC2C)n1. The lowest BCUT2D eigenvalue weighted by molar-refractivity contribution is 0.376. The third-order valence-corrected chi connectivity index (χ3v) is 4.32. The minimum atomic E-state index is 0.517. The fourth-order valence-corrected chi connectivity index (χ4v) is 3.17. The molecule has 0 amide bonds. The van der Waals surface area contributed by atoms with Gasteiger partial charge in [-0.2, -0.15) is 0 Å². The lowest BCUT2D eigenvalue weighted by Crippen LogP contribution is -2.41. The molecule has 5 heteroatoms. The van der Waals surface area contributed by atoms with Gasteiger partial charge in [0.2, 0.25) is 0 Å². The van der Waals surface area contributed by atoms with E-state index in [0.29, 0.717) is 6.04 Å². The van der Waals surface area contributed by atoms with Crippen LogP contribution in [0.5, 0.6) is 0 Å². The van der Waals surface area contributed by atoms with Crippen molar-refractivity contribution in [1.82, 2.24) is 14.4 Å². The lowest BCUT2D eigenvalue weighted by atomic mass is 9.93. The van der Waals surface area contributed by atoms with Gasteiger partial charge in [0.25, 0.3) is 0 Å². The molecular formula is C16H25N5. The Morgan fingerprint density at radius 2 is 2.24 bits per heavy atom. The number of aromatic nitrogens is 3. The van der Waals surface area contributed by atoms with Gasteiger partial charge < -0.3 is 14.6 Å². The number of nitrogens with zero attached hydrogens (tertiary/aromatic N) is 4. The summed E-state index contributed by atoms with van der Waals surface area (Å²) in [6, 6.07) is 0.517. The monoisotopic (exact) mass is 287 g/mol. The molecule has 1 fully saturated rings. The zero-order chi connectivity index (χ0) is 14.8. The topological polar surface area (TPSA) is 45.5 Å². The molecule has 2 atom stereocenters. The second-order valence-corrected chi connectivity index (χ2v) is 6.21. The molecule has 1 aliphatic rings. The summed E-state index contributed by atoms with van der Waals surface area (Å²) in [6.45, 7) is 8.81. The number of fused-ring (bicyclic) bond motifs is 1. The molecule has 21 heavy (non-hydrogen) atoms. The van der Waals surface area contributed by atoms with Crippen molar-refractivity contribution in [2.24, 2.45) is 5.92 Å². The summed E-state index contributed by atoms with van der Waals surface area (Å²) in [5, 5.41) is 3.39. The van der Waals surface area contributed by atoms with Gasteiger partial charge in [0.1, 0.15) is 5.82 Å². The van der Waals surface area contributed by atoms with Crippen LogP contribution in [0.4, 0.5) is 11.6 Å². The third kappa shape index (κ3) is 2.82. The molecule has 2 aromatic rings. The molecule has 2 aromatic heterocycles. The van der Waals surface area contributed by atoms with Gasteiger partial charge >= 0.3 is 0 Å². The van der Waals surface area contributed by atoms with Crippen LogP contribution in [0.15, 0.2) is 18.6 Å². The van der Waals surface area contributed by atoms with Gasteiger partial charge in [0.05, 0.1) is 6.20 Å². The molecule has 0 radical (unpaired) electrons. The highest BCUT2D eigenvalue weighted by Crippen LogP contribution is 2.29. The zero-order valence-electron chi connectivity index (χ0n) is 13.2. The first-order chi connectivity index (χ1) is 10.2. The maximum Gasteiger partial charge on any atom is 0.180 e. The van der Waals surface area contributed by atoms with Gasteiger partial charge in [-0.25, -0.2) is 9.97 Å². The van der Waals surface area contributed by atoms with Crippen molar-refractivity contribution < 1.29 is 0 Å². The number of rotatable bonds is 4. The van der Waals surface area contributed by atoms with Crippen LogP contribution in [0.25, 0.3) is 5.65 Å². The van der Waals surface area contributed by atoms with Crippen molar-refractivity contribution in [3.8, 4) is 0 Å². The van der Waals surface area contributed by atoms with Crippen molar-refractivity contribution in [1.29, 1.82) is 0 Å². The van der Waals surface area contributed by atoms with E-state index in [4.69, 9.17) is 4.98 Å². The van der Waals surface area contributed by atoms with E-state index in [-0.39, 0.29) is 0 Å². The quantitative estimate of drug-likeness (QED) is 0.938. The molecule has 1 saturated heterocycles. The molecule has 0 aromatic carbocycles. The average molecular weight is 287 g/mol. The first-order valence-electron chi connectivity index (χ1n) is 8.03. The maximum atomic E-state index is 4.84. The minimum Gasteiger partial charge on any atom is -0.369 e. The van der Waals surface area contributed by atoms with Crippen molar-refractivity contribution in [3.63, 3.8) is 0 Å². The predicted octanol–water partition coefficient (Wildman–Crippen LogP) is 3.18. The molecule has 0 aliphatic carbocycles. The molecular weight excluding hydrogens is 262 g/mol. The number of piperidine rings is 1. The van der Waals surface area contributed by atoms with E-state index in [9.17, 15) is 0 Å². The smallest absolute Gasteiger partial charge is 0.180 e.